The van der Waals surface area contributed by atoms with Gasteiger partial charge in [0.25, 0.3) is 0 Å². The molecule has 0 aliphatic carbocycles. The van der Waals surface area contributed by atoms with E-state index in [-0.39, 0.29) is 0 Å². The molecule has 0 saturated heterocycles. The van der Waals surface area contributed by atoms with Gasteiger partial charge in [0.1, 0.15) is 5.01 Å². The number of hydrogen-bond acceptors (Lipinski definition) is 5. The van der Waals surface area contributed by atoms with Gasteiger partial charge in [0, 0.05) is 24.0 Å². The highest BCUT2D eigenvalue weighted by Crippen LogP contribution is 2.23. The monoisotopic (exact) mass is 280 g/mol. The maximum atomic E-state index is 4.58. The van der Waals surface area contributed by atoms with E-state index in [1.54, 1.807) is 36.1 Å². The number of nitrogens with zero attached hydrogens (tertiary/aromatic N) is 4. The van der Waals surface area contributed by atoms with Crippen LogP contribution in [0.3, 0.4) is 0 Å². The van der Waals surface area contributed by atoms with Gasteiger partial charge in [-0.25, -0.2) is 4.98 Å². The number of rotatable bonds is 3. The highest BCUT2D eigenvalue weighted by molar-refractivity contribution is 7.13. The van der Waals surface area contributed by atoms with Crippen molar-refractivity contribution in [3.8, 4) is 10.7 Å². The average Bonchev–Trinajstić information content (AvgIpc) is 2.97. The Morgan fingerprint density at radius 3 is 2.85 bits per heavy atom. The van der Waals surface area contributed by atoms with Crippen LogP contribution in [-0.2, 0) is 0 Å². The van der Waals surface area contributed by atoms with Gasteiger partial charge in [-0.15, -0.1) is 11.3 Å². The van der Waals surface area contributed by atoms with Crippen molar-refractivity contribution in [2.75, 3.05) is 0 Å². The standard InChI is InChI=1S/C15H12N4S/c1-11(14-9-16-6-7-18-14)8-12-10-20-15(19-12)13-4-2-3-5-17-13/h2-10H,1H3. The third kappa shape index (κ3) is 2.78. The first-order valence-corrected chi connectivity index (χ1v) is 7.02. The molecule has 4 nitrogen and oxygen atoms in total. The van der Waals surface area contributed by atoms with E-state index in [1.165, 1.54) is 0 Å². The summed E-state index contributed by atoms with van der Waals surface area (Å²) in [7, 11) is 0. The van der Waals surface area contributed by atoms with Crippen molar-refractivity contribution in [2.45, 2.75) is 6.92 Å². The first-order valence-electron chi connectivity index (χ1n) is 6.14. The second-order valence-electron chi connectivity index (χ2n) is 4.21. The topological polar surface area (TPSA) is 51.6 Å². The number of aromatic nitrogens is 4. The van der Waals surface area contributed by atoms with Gasteiger partial charge in [-0.05, 0) is 30.7 Å². The maximum Gasteiger partial charge on any atom is 0.142 e. The molecule has 0 aliphatic rings. The summed E-state index contributed by atoms with van der Waals surface area (Å²) in [6, 6.07) is 5.82. The summed E-state index contributed by atoms with van der Waals surface area (Å²) >= 11 is 1.59. The SMILES string of the molecule is CC(=Cc1csc(-c2ccccn2)n1)c1cnccn1. The zero-order chi connectivity index (χ0) is 13.8. The lowest BCUT2D eigenvalue weighted by Crippen LogP contribution is -1.86. The third-order valence-corrected chi connectivity index (χ3v) is 3.62. The molecular formula is C15H12N4S. The highest BCUT2D eigenvalue weighted by Gasteiger charge is 2.05. The number of pyridine rings is 1. The van der Waals surface area contributed by atoms with Crippen molar-refractivity contribution in [3.63, 3.8) is 0 Å². The molecule has 3 aromatic rings. The van der Waals surface area contributed by atoms with E-state index in [4.69, 9.17) is 0 Å². The quantitative estimate of drug-likeness (QED) is 0.736. The Morgan fingerprint density at radius 1 is 1.15 bits per heavy atom. The van der Waals surface area contributed by atoms with Crippen molar-refractivity contribution in [2.24, 2.45) is 0 Å². The van der Waals surface area contributed by atoms with E-state index in [9.17, 15) is 0 Å². The van der Waals surface area contributed by atoms with Crippen LogP contribution >= 0.6 is 11.3 Å². The van der Waals surface area contributed by atoms with Gasteiger partial charge in [-0.2, -0.15) is 0 Å². The van der Waals surface area contributed by atoms with Gasteiger partial charge in [0.05, 0.1) is 23.3 Å². The van der Waals surface area contributed by atoms with Gasteiger partial charge in [-0.3, -0.25) is 15.0 Å². The Morgan fingerprint density at radius 2 is 2.10 bits per heavy atom. The largest absolute Gasteiger partial charge is 0.261 e. The second kappa shape index (κ2) is 5.71. The van der Waals surface area contributed by atoms with Crippen molar-refractivity contribution in [1.29, 1.82) is 0 Å². The Hall–Kier alpha value is -2.40. The molecule has 0 N–H and O–H groups in total. The summed E-state index contributed by atoms with van der Waals surface area (Å²) in [4.78, 5) is 17.2. The van der Waals surface area contributed by atoms with Crippen molar-refractivity contribution >= 4 is 23.0 Å². The maximum absolute atomic E-state index is 4.58. The molecule has 3 rings (SSSR count). The molecule has 0 saturated carbocycles. The molecule has 0 fully saturated rings. The lowest BCUT2D eigenvalue weighted by atomic mass is 10.2. The van der Waals surface area contributed by atoms with E-state index in [1.807, 2.05) is 36.6 Å². The number of thiazole rings is 1. The van der Waals surface area contributed by atoms with Crippen LogP contribution in [0.1, 0.15) is 18.3 Å². The molecule has 3 aromatic heterocycles. The van der Waals surface area contributed by atoms with Crippen molar-refractivity contribution in [1.82, 2.24) is 19.9 Å². The van der Waals surface area contributed by atoms with Gasteiger partial charge in [0.15, 0.2) is 0 Å². The Kier molecular flexibility index (Phi) is 3.60. The molecule has 5 heteroatoms. The smallest absolute Gasteiger partial charge is 0.142 e. The van der Waals surface area contributed by atoms with Gasteiger partial charge < -0.3 is 0 Å². The summed E-state index contributed by atoms with van der Waals surface area (Å²) < 4.78 is 0. The zero-order valence-corrected chi connectivity index (χ0v) is 11.7. The second-order valence-corrected chi connectivity index (χ2v) is 5.07. The first-order chi connectivity index (χ1) is 9.83. The van der Waals surface area contributed by atoms with E-state index >= 15 is 0 Å². The molecule has 0 bridgehead atoms. The van der Waals surface area contributed by atoms with Crippen LogP contribution in [0.15, 0.2) is 48.4 Å². The predicted molar refractivity (Wildman–Crippen MR) is 80.9 cm³/mol. The fourth-order valence-corrected chi connectivity index (χ4v) is 2.51. The van der Waals surface area contributed by atoms with E-state index in [0.717, 1.165) is 27.7 Å². The Balaban J connectivity index is 1.88. The van der Waals surface area contributed by atoms with Gasteiger partial charge in [-0.1, -0.05) is 6.07 Å². The van der Waals surface area contributed by atoms with E-state index in [2.05, 4.69) is 19.9 Å². The molecule has 0 amide bonds. The highest BCUT2D eigenvalue weighted by atomic mass is 32.1. The minimum absolute atomic E-state index is 0.861. The third-order valence-electron chi connectivity index (χ3n) is 2.74. The molecule has 0 aliphatic heterocycles. The average molecular weight is 280 g/mol. The molecule has 0 unspecified atom stereocenters. The van der Waals surface area contributed by atoms with E-state index in [0.29, 0.717) is 0 Å². The molecule has 0 aromatic carbocycles. The normalized spacial score (nSPS) is 11.6. The number of allylic oxidation sites excluding steroid dienone is 1. The number of hydrogen-bond donors (Lipinski definition) is 0. The molecule has 3 heterocycles. The van der Waals surface area contributed by atoms with Gasteiger partial charge in [0.2, 0.25) is 0 Å². The molecule has 98 valence electrons. The summed E-state index contributed by atoms with van der Waals surface area (Å²) in [5.74, 6) is 0. The lowest BCUT2D eigenvalue weighted by molar-refractivity contribution is 1.16. The molecule has 0 spiro atoms. The first kappa shape index (κ1) is 12.6. The molecule has 0 radical (unpaired) electrons. The molecular weight excluding hydrogens is 268 g/mol. The molecule has 0 atom stereocenters. The van der Waals surface area contributed by atoms with Crippen LogP contribution < -0.4 is 0 Å². The van der Waals surface area contributed by atoms with E-state index < -0.39 is 0 Å². The summed E-state index contributed by atoms with van der Waals surface area (Å²) in [5.41, 5.74) is 3.71. The minimum atomic E-state index is 0.861. The summed E-state index contributed by atoms with van der Waals surface area (Å²) in [6.07, 6.45) is 8.88. The van der Waals surface area contributed by atoms with Crippen LogP contribution in [0.5, 0.6) is 0 Å². The lowest BCUT2D eigenvalue weighted by Gasteiger charge is -1.97. The van der Waals surface area contributed by atoms with Crippen LogP contribution in [-0.4, -0.2) is 19.9 Å². The van der Waals surface area contributed by atoms with Crippen molar-refractivity contribution in [3.05, 3.63) is 59.8 Å². The fraction of sp³-hybridized carbons (Fsp3) is 0.0667. The summed E-state index contributed by atoms with van der Waals surface area (Å²) in [5, 5.41) is 2.94. The predicted octanol–water partition coefficient (Wildman–Crippen LogP) is 3.56. The van der Waals surface area contributed by atoms with Crippen LogP contribution in [0, 0.1) is 0 Å². The summed E-state index contributed by atoms with van der Waals surface area (Å²) in [6.45, 7) is 2.00. The Bertz CT molecular complexity index is 720. The van der Waals surface area contributed by atoms with Gasteiger partial charge >= 0.3 is 0 Å². The van der Waals surface area contributed by atoms with Crippen molar-refractivity contribution < 1.29 is 0 Å². The van der Waals surface area contributed by atoms with Crippen LogP contribution in [0.4, 0.5) is 0 Å². The van der Waals surface area contributed by atoms with Crippen LogP contribution in [0.25, 0.3) is 22.4 Å². The van der Waals surface area contributed by atoms with Crippen LogP contribution in [0.2, 0.25) is 0 Å². The fourth-order valence-electron chi connectivity index (χ4n) is 1.76. The Labute approximate surface area is 120 Å². The minimum Gasteiger partial charge on any atom is -0.261 e. The zero-order valence-electron chi connectivity index (χ0n) is 10.9. The molecule has 20 heavy (non-hydrogen) atoms.